The SMILES string of the molecule is CP(=O)(O)On1cc(-c2cnc(-c3cc(S(C)(=O)=O)c(N)cc3F)c3c(N)noc23)cn1. The van der Waals surface area contributed by atoms with Gasteiger partial charge in [0.25, 0.3) is 0 Å². The number of halogens is 1. The minimum Gasteiger partial charge on any atom is -0.398 e. The molecule has 1 atom stereocenters. The molecule has 0 radical (unpaired) electrons. The summed E-state index contributed by atoms with van der Waals surface area (Å²) >= 11 is 0. The van der Waals surface area contributed by atoms with Gasteiger partial charge in [-0.2, -0.15) is 0 Å². The quantitative estimate of drug-likeness (QED) is 0.213. The highest BCUT2D eigenvalue weighted by atomic mass is 32.2. The van der Waals surface area contributed by atoms with Gasteiger partial charge in [-0.1, -0.05) is 10.0 Å². The standard InChI is InChI=1S/C17H16FN6O6PS/c1-31(25,26)30-24-7-8(5-22-24)10-6-21-15(14-16(10)29-23-17(14)20)9-3-13(32(2,27)28)12(19)4-11(9)18/h3-7H,19H2,1-2H3,(H2,20,23)(H,25,26). The number of aromatic nitrogens is 4. The Morgan fingerprint density at radius 1 is 1.25 bits per heavy atom. The number of hydrogen-bond donors (Lipinski definition) is 3. The largest absolute Gasteiger partial charge is 0.398 e. The molecule has 3 aromatic heterocycles. The van der Waals surface area contributed by atoms with Crippen LogP contribution in [0.25, 0.3) is 33.4 Å². The van der Waals surface area contributed by atoms with Gasteiger partial charge in [-0.15, -0.1) is 5.10 Å². The number of fused-ring (bicyclic) bond motifs is 1. The maximum absolute atomic E-state index is 14.8. The Morgan fingerprint density at radius 3 is 2.62 bits per heavy atom. The third-order valence-electron chi connectivity index (χ3n) is 4.38. The maximum Gasteiger partial charge on any atom is 0.394 e. The monoisotopic (exact) mass is 482 g/mol. The zero-order valence-electron chi connectivity index (χ0n) is 16.6. The van der Waals surface area contributed by atoms with Crippen LogP contribution in [0.2, 0.25) is 0 Å². The molecule has 0 aliphatic heterocycles. The highest BCUT2D eigenvalue weighted by molar-refractivity contribution is 7.90. The number of hydrogen-bond acceptors (Lipinski definition) is 10. The molecule has 4 rings (SSSR count). The molecular weight excluding hydrogens is 466 g/mol. The molecular formula is C17H16FN6O6PS. The molecule has 0 fully saturated rings. The van der Waals surface area contributed by atoms with Crippen LogP contribution in [0.1, 0.15) is 0 Å². The third-order valence-corrected chi connectivity index (χ3v) is 6.01. The normalized spacial score (nSPS) is 13.9. The molecule has 5 N–H and O–H groups in total. The molecule has 3 heterocycles. The highest BCUT2D eigenvalue weighted by Gasteiger charge is 2.24. The topological polar surface area (TPSA) is 189 Å². The van der Waals surface area contributed by atoms with E-state index >= 15 is 0 Å². The number of nitrogens with zero attached hydrogens (tertiary/aromatic N) is 4. The lowest BCUT2D eigenvalue weighted by molar-refractivity contribution is 0.203. The van der Waals surface area contributed by atoms with Crippen LogP contribution in [-0.4, -0.2) is 46.3 Å². The van der Waals surface area contributed by atoms with Crippen molar-refractivity contribution in [3.8, 4) is 22.4 Å². The molecule has 0 spiro atoms. The van der Waals surface area contributed by atoms with Crippen molar-refractivity contribution in [2.75, 3.05) is 24.4 Å². The molecule has 0 saturated heterocycles. The van der Waals surface area contributed by atoms with E-state index < -0.39 is 23.3 Å². The van der Waals surface area contributed by atoms with E-state index in [-0.39, 0.29) is 38.6 Å². The number of nitrogen functional groups attached to an aromatic ring is 2. The minimum atomic E-state index is -3.86. The Hall–Kier alpha value is -3.48. The van der Waals surface area contributed by atoms with Gasteiger partial charge in [0.2, 0.25) is 0 Å². The molecule has 12 nitrogen and oxygen atoms in total. The Kier molecular flexibility index (Phi) is 4.95. The van der Waals surface area contributed by atoms with Crippen LogP contribution in [-0.2, 0) is 14.4 Å². The maximum atomic E-state index is 14.8. The fourth-order valence-electron chi connectivity index (χ4n) is 3.09. The number of sulfone groups is 1. The molecule has 168 valence electrons. The van der Waals surface area contributed by atoms with Gasteiger partial charge in [0.05, 0.1) is 40.7 Å². The van der Waals surface area contributed by atoms with Crippen molar-refractivity contribution in [2.45, 2.75) is 4.90 Å². The van der Waals surface area contributed by atoms with Crippen LogP contribution in [0.5, 0.6) is 0 Å². The number of anilines is 2. The second-order valence-electron chi connectivity index (χ2n) is 6.95. The van der Waals surface area contributed by atoms with Crippen molar-refractivity contribution in [1.82, 2.24) is 20.1 Å². The van der Waals surface area contributed by atoms with E-state index in [0.29, 0.717) is 11.1 Å². The van der Waals surface area contributed by atoms with Crippen molar-refractivity contribution < 1.29 is 31.4 Å². The first-order chi connectivity index (χ1) is 14.8. The van der Waals surface area contributed by atoms with E-state index in [0.717, 1.165) is 29.9 Å². The lowest BCUT2D eigenvalue weighted by atomic mass is 10.0. The van der Waals surface area contributed by atoms with E-state index in [1.165, 1.54) is 18.6 Å². The fraction of sp³-hybridized carbons (Fsp3) is 0.118. The van der Waals surface area contributed by atoms with Crippen molar-refractivity contribution >= 4 is 39.9 Å². The Balaban J connectivity index is 1.91. The first-order valence-electron chi connectivity index (χ1n) is 8.74. The van der Waals surface area contributed by atoms with Gasteiger partial charge in [-0.3, -0.25) is 4.98 Å². The van der Waals surface area contributed by atoms with Crippen LogP contribution in [0.4, 0.5) is 15.9 Å². The fourth-order valence-corrected chi connectivity index (χ4v) is 4.31. The molecule has 0 aliphatic rings. The summed E-state index contributed by atoms with van der Waals surface area (Å²) in [5.74, 6) is -0.932. The average Bonchev–Trinajstić information content (AvgIpc) is 3.26. The van der Waals surface area contributed by atoms with Gasteiger partial charge >= 0.3 is 7.60 Å². The van der Waals surface area contributed by atoms with Gasteiger partial charge in [0, 0.05) is 29.1 Å². The van der Waals surface area contributed by atoms with E-state index in [2.05, 4.69) is 15.2 Å². The second kappa shape index (κ2) is 7.29. The van der Waals surface area contributed by atoms with Crippen molar-refractivity contribution in [2.24, 2.45) is 0 Å². The third kappa shape index (κ3) is 3.90. The Bertz CT molecular complexity index is 1530. The zero-order chi connectivity index (χ0) is 23.4. The molecule has 4 aromatic rings. The Morgan fingerprint density at radius 2 is 1.97 bits per heavy atom. The first-order valence-corrected chi connectivity index (χ1v) is 12.7. The van der Waals surface area contributed by atoms with Gasteiger partial charge in [0.1, 0.15) is 5.82 Å². The summed E-state index contributed by atoms with van der Waals surface area (Å²) in [5.41, 5.74) is 12.0. The lowest BCUT2D eigenvalue weighted by Gasteiger charge is -2.10. The van der Waals surface area contributed by atoms with E-state index in [4.69, 9.17) is 20.6 Å². The Labute approximate surface area is 180 Å². The smallest absolute Gasteiger partial charge is 0.394 e. The van der Waals surface area contributed by atoms with Gasteiger partial charge in [0.15, 0.2) is 21.2 Å². The summed E-state index contributed by atoms with van der Waals surface area (Å²) in [7, 11) is -7.61. The molecule has 0 aliphatic carbocycles. The highest BCUT2D eigenvalue weighted by Crippen LogP contribution is 2.39. The number of benzene rings is 1. The summed E-state index contributed by atoms with van der Waals surface area (Å²) < 4.78 is 60.4. The summed E-state index contributed by atoms with van der Waals surface area (Å²) in [5, 5.41) is 7.67. The lowest BCUT2D eigenvalue weighted by Crippen LogP contribution is -2.07. The average molecular weight is 482 g/mol. The molecule has 15 heteroatoms. The van der Waals surface area contributed by atoms with Crippen LogP contribution in [0.15, 0.2) is 40.1 Å². The van der Waals surface area contributed by atoms with Crippen LogP contribution < -0.4 is 16.1 Å². The molecule has 1 unspecified atom stereocenters. The molecule has 0 bridgehead atoms. The van der Waals surface area contributed by atoms with E-state index in [9.17, 15) is 22.3 Å². The number of pyridine rings is 1. The van der Waals surface area contributed by atoms with Crippen LogP contribution in [0.3, 0.4) is 0 Å². The summed E-state index contributed by atoms with van der Waals surface area (Å²) in [4.78, 5) is 14.1. The summed E-state index contributed by atoms with van der Waals surface area (Å²) in [6, 6.07) is 1.95. The number of rotatable bonds is 5. The predicted octanol–water partition coefficient (Wildman–Crippen LogP) is 1.70. The van der Waals surface area contributed by atoms with Gasteiger partial charge in [-0.05, 0) is 12.1 Å². The molecule has 0 saturated carbocycles. The van der Waals surface area contributed by atoms with Gasteiger partial charge < -0.3 is 25.5 Å². The van der Waals surface area contributed by atoms with E-state index in [1.807, 2.05) is 0 Å². The predicted molar refractivity (Wildman–Crippen MR) is 113 cm³/mol. The summed E-state index contributed by atoms with van der Waals surface area (Å²) in [6.45, 7) is 0.992. The zero-order valence-corrected chi connectivity index (χ0v) is 18.3. The van der Waals surface area contributed by atoms with Crippen LogP contribution >= 0.6 is 7.60 Å². The summed E-state index contributed by atoms with van der Waals surface area (Å²) in [6.07, 6.45) is 4.87. The first kappa shape index (κ1) is 21.7. The second-order valence-corrected chi connectivity index (χ2v) is 10.7. The molecule has 32 heavy (non-hydrogen) atoms. The van der Waals surface area contributed by atoms with Crippen molar-refractivity contribution in [3.05, 3.63) is 36.5 Å². The number of nitrogens with two attached hydrogens (primary N) is 2. The molecule has 0 amide bonds. The van der Waals surface area contributed by atoms with E-state index in [1.54, 1.807) is 0 Å². The van der Waals surface area contributed by atoms with Gasteiger partial charge in [-0.25, -0.2) is 17.4 Å². The van der Waals surface area contributed by atoms with Crippen molar-refractivity contribution in [1.29, 1.82) is 0 Å². The minimum absolute atomic E-state index is 0.0121. The van der Waals surface area contributed by atoms with Crippen molar-refractivity contribution in [3.63, 3.8) is 0 Å². The van der Waals surface area contributed by atoms with Crippen LogP contribution in [0, 0.1) is 5.82 Å². The molecule has 1 aromatic carbocycles.